The largest absolute Gasteiger partial charge is 0.376 e. The van der Waals surface area contributed by atoms with E-state index in [4.69, 9.17) is 4.74 Å². The van der Waals surface area contributed by atoms with Crippen LogP contribution in [0, 0.1) is 5.92 Å². The Labute approximate surface area is 74.9 Å². The molecule has 0 aromatic heterocycles. The molecule has 0 aromatic carbocycles. The van der Waals surface area contributed by atoms with Crippen molar-refractivity contribution in [1.82, 2.24) is 0 Å². The number of ether oxygens (including phenoxy) is 1. The Kier molecular flexibility index (Phi) is 2.87. The number of thiol groups is 1. The predicted octanol–water partition coefficient (Wildman–Crippen LogP) is 2.51. The molecule has 0 aliphatic carbocycles. The van der Waals surface area contributed by atoms with Crippen LogP contribution in [-0.2, 0) is 4.74 Å². The molecule has 0 spiro atoms. The van der Waals surface area contributed by atoms with Crippen LogP contribution >= 0.6 is 12.6 Å². The van der Waals surface area contributed by atoms with Crippen molar-refractivity contribution in [2.24, 2.45) is 5.92 Å². The van der Waals surface area contributed by atoms with Gasteiger partial charge in [0, 0.05) is 11.9 Å². The fraction of sp³-hybridized carbons (Fsp3) is 1.00. The Morgan fingerprint density at radius 2 is 2.18 bits per heavy atom. The minimum atomic E-state index is 0.0832. The van der Waals surface area contributed by atoms with Crippen LogP contribution in [0.25, 0.3) is 0 Å². The van der Waals surface area contributed by atoms with E-state index in [9.17, 15) is 0 Å². The molecule has 0 amide bonds. The summed E-state index contributed by atoms with van der Waals surface area (Å²) < 4.78 is 5.61. The maximum Gasteiger partial charge on any atom is 0.0629 e. The minimum Gasteiger partial charge on any atom is -0.376 e. The van der Waals surface area contributed by atoms with Gasteiger partial charge in [-0.3, -0.25) is 0 Å². The highest BCUT2D eigenvalue weighted by Gasteiger charge is 2.30. The summed E-state index contributed by atoms with van der Waals surface area (Å²) in [7, 11) is 0. The fourth-order valence-corrected chi connectivity index (χ4v) is 1.95. The molecule has 0 radical (unpaired) electrons. The van der Waals surface area contributed by atoms with E-state index in [0.717, 1.165) is 18.9 Å². The molecule has 1 aliphatic rings. The lowest BCUT2D eigenvalue weighted by Gasteiger charge is -2.37. The topological polar surface area (TPSA) is 9.23 Å². The summed E-state index contributed by atoms with van der Waals surface area (Å²) >= 11 is 4.46. The highest BCUT2D eigenvalue weighted by molar-refractivity contribution is 7.80. The lowest BCUT2D eigenvalue weighted by atomic mass is 9.86. The van der Waals surface area contributed by atoms with Gasteiger partial charge in [0.05, 0.1) is 5.60 Å². The number of hydrogen-bond donors (Lipinski definition) is 1. The molecule has 0 saturated carbocycles. The Morgan fingerprint density at radius 3 is 2.55 bits per heavy atom. The van der Waals surface area contributed by atoms with Gasteiger partial charge in [-0.25, -0.2) is 0 Å². The van der Waals surface area contributed by atoms with Gasteiger partial charge in [-0.05, 0) is 32.6 Å². The van der Waals surface area contributed by atoms with Gasteiger partial charge >= 0.3 is 0 Å². The van der Waals surface area contributed by atoms with E-state index in [0.29, 0.717) is 5.25 Å². The van der Waals surface area contributed by atoms with Crippen molar-refractivity contribution in [2.75, 3.05) is 6.61 Å². The van der Waals surface area contributed by atoms with Gasteiger partial charge in [0.1, 0.15) is 0 Å². The van der Waals surface area contributed by atoms with E-state index in [1.54, 1.807) is 0 Å². The van der Waals surface area contributed by atoms with Gasteiger partial charge < -0.3 is 4.74 Å². The van der Waals surface area contributed by atoms with Crippen LogP contribution in [0.5, 0.6) is 0 Å². The Hall–Kier alpha value is 0.310. The Balaban J connectivity index is 2.46. The molecule has 1 rings (SSSR count). The second kappa shape index (κ2) is 3.36. The first-order valence-corrected chi connectivity index (χ1v) is 4.85. The summed E-state index contributed by atoms with van der Waals surface area (Å²) in [6.45, 7) is 7.41. The summed E-state index contributed by atoms with van der Waals surface area (Å²) in [6, 6.07) is 0. The van der Waals surface area contributed by atoms with Gasteiger partial charge in [-0.15, -0.1) is 0 Å². The molecule has 2 unspecified atom stereocenters. The molecule has 1 aliphatic heterocycles. The lowest BCUT2D eigenvalue weighted by Crippen LogP contribution is -2.36. The maximum atomic E-state index is 5.61. The molecule has 2 heteroatoms. The molecule has 1 fully saturated rings. The van der Waals surface area contributed by atoms with Crippen molar-refractivity contribution in [3.63, 3.8) is 0 Å². The van der Waals surface area contributed by atoms with Gasteiger partial charge in [0.25, 0.3) is 0 Å². The fourth-order valence-electron chi connectivity index (χ4n) is 1.69. The SMILES string of the molecule is CC(S)C1CCOC(C)(C)C1. The number of hydrogen-bond acceptors (Lipinski definition) is 2. The van der Waals surface area contributed by atoms with Crippen LogP contribution in [0.4, 0.5) is 0 Å². The van der Waals surface area contributed by atoms with Crippen molar-refractivity contribution in [1.29, 1.82) is 0 Å². The van der Waals surface area contributed by atoms with E-state index in [1.807, 2.05) is 0 Å². The zero-order valence-corrected chi connectivity index (χ0v) is 8.53. The van der Waals surface area contributed by atoms with E-state index < -0.39 is 0 Å². The van der Waals surface area contributed by atoms with Crippen molar-refractivity contribution >= 4 is 12.6 Å². The van der Waals surface area contributed by atoms with Crippen LogP contribution in [0.1, 0.15) is 33.6 Å². The van der Waals surface area contributed by atoms with E-state index in [1.165, 1.54) is 6.42 Å². The minimum absolute atomic E-state index is 0.0832. The van der Waals surface area contributed by atoms with Crippen molar-refractivity contribution in [3.05, 3.63) is 0 Å². The first-order chi connectivity index (χ1) is 5.01. The summed E-state index contributed by atoms with van der Waals surface area (Å²) in [5.74, 6) is 0.738. The zero-order valence-electron chi connectivity index (χ0n) is 7.63. The van der Waals surface area contributed by atoms with Crippen LogP contribution in [0.15, 0.2) is 0 Å². The third kappa shape index (κ3) is 2.68. The van der Waals surface area contributed by atoms with Crippen LogP contribution in [-0.4, -0.2) is 17.5 Å². The predicted molar refractivity (Wildman–Crippen MR) is 51.2 cm³/mol. The molecule has 0 bridgehead atoms. The third-order valence-electron chi connectivity index (χ3n) is 2.42. The zero-order chi connectivity index (χ0) is 8.48. The quantitative estimate of drug-likeness (QED) is 0.601. The molecule has 0 aromatic rings. The third-order valence-corrected chi connectivity index (χ3v) is 2.84. The van der Waals surface area contributed by atoms with Gasteiger partial charge in [0.2, 0.25) is 0 Å². The molecule has 0 N–H and O–H groups in total. The highest BCUT2D eigenvalue weighted by Crippen LogP contribution is 2.32. The van der Waals surface area contributed by atoms with Crippen LogP contribution in [0.2, 0.25) is 0 Å². The standard InChI is InChI=1S/C9H18OS/c1-7(11)8-4-5-10-9(2,3)6-8/h7-8,11H,4-6H2,1-3H3. The van der Waals surface area contributed by atoms with E-state index in [2.05, 4.69) is 33.4 Å². The molecule has 1 heterocycles. The van der Waals surface area contributed by atoms with E-state index in [-0.39, 0.29) is 5.60 Å². The summed E-state index contributed by atoms with van der Waals surface area (Å²) in [4.78, 5) is 0. The first kappa shape index (κ1) is 9.40. The molecule has 1 saturated heterocycles. The van der Waals surface area contributed by atoms with Gasteiger partial charge in [0.15, 0.2) is 0 Å². The summed E-state index contributed by atoms with van der Waals surface area (Å²) in [6.07, 6.45) is 2.33. The highest BCUT2D eigenvalue weighted by atomic mass is 32.1. The average Bonchev–Trinajstić information content (AvgIpc) is 1.85. The normalized spacial score (nSPS) is 33.3. The van der Waals surface area contributed by atoms with E-state index >= 15 is 0 Å². The lowest BCUT2D eigenvalue weighted by molar-refractivity contribution is -0.0717. The second-order valence-corrected chi connectivity index (χ2v) is 4.92. The van der Waals surface area contributed by atoms with Crippen molar-refractivity contribution in [3.8, 4) is 0 Å². The summed E-state index contributed by atoms with van der Waals surface area (Å²) in [5, 5.41) is 0.512. The monoisotopic (exact) mass is 174 g/mol. The molecule has 1 nitrogen and oxygen atoms in total. The first-order valence-electron chi connectivity index (χ1n) is 4.33. The smallest absolute Gasteiger partial charge is 0.0629 e. The van der Waals surface area contributed by atoms with Crippen molar-refractivity contribution < 1.29 is 4.74 Å². The van der Waals surface area contributed by atoms with Gasteiger partial charge in [-0.1, -0.05) is 6.92 Å². The van der Waals surface area contributed by atoms with Crippen molar-refractivity contribution in [2.45, 2.75) is 44.5 Å². The molecule has 2 atom stereocenters. The van der Waals surface area contributed by atoms with Gasteiger partial charge in [-0.2, -0.15) is 12.6 Å². The maximum absolute atomic E-state index is 5.61. The molecule has 11 heavy (non-hydrogen) atoms. The Bertz CT molecular complexity index is 132. The molecular formula is C9H18OS. The van der Waals surface area contributed by atoms with Crippen LogP contribution in [0.3, 0.4) is 0 Å². The second-order valence-electron chi connectivity index (χ2n) is 4.10. The average molecular weight is 174 g/mol. The molecule has 66 valence electrons. The Morgan fingerprint density at radius 1 is 1.55 bits per heavy atom. The van der Waals surface area contributed by atoms with Crippen LogP contribution < -0.4 is 0 Å². The summed E-state index contributed by atoms with van der Waals surface area (Å²) in [5.41, 5.74) is 0.0832. The molecular weight excluding hydrogens is 156 g/mol. The number of rotatable bonds is 1.